The molecule has 3 atom stereocenters. The van der Waals surface area contributed by atoms with Crippen LogP contribution in [0.1, 0.15) is 61.6 Å². The monoisotopic (exact) mass is 530 g/mol. The number of nitrogens with zero attached hydrogens (tertiary/aromatic N) is 1. The molecule has 0 radical (unpaired) electrons. The predicted octanol–water partition coefficient (Wildman–Crippen LogP) is 5.78. The van der Waals surface area contributed by atoms with Crippen LogP contribution >= 0.6 is 0 Å². The zero-order valence-electron chi connectivity index (χ0n) is 21.7. The van der Waals surface area contributed by atoms with E-state index in [2.05, 4.69) is 10.2 Å². The number of hydrogen-bond donors (Lipinski definition) is 2. The Morgan fingerprint density at radius 3 is 2.58 bits per heavy atom. The largest absolute Gasteiger partial charge is 0.417 e. The van der Waals surface area contributed by atoms with Gasteiger partial charge in [-0.25, -0.2) is 4.79 Å². The van der Waals surface area contributed by atoms with Crippen molar-refractivity contribution in [2.24, 2.45) is 5.92 Å². The number of carbonyl (C=O) groups is 1. The number of nitrogens with one attached hydrogen (secondary N) is 1. The van der Waals surface area contributed by atoms with Gasteiger partial charge in [0, 0.05) is 18.5 Å². The first-order valence-electron chi connectivity index (χ1n) is 13.8. The van der Waals surface area contributed by atoms with Gasteiger partial charge in [-0.1, -0.05) is 42.8 Å². The molecule has 38 heavy (non-hydrogen) atoms. The van der Waals surface area contributed by atoms with Crippen LogP contribution in [0, 0.1) is 5.92 Å². The molecule has 2 fully saturated rings. The fourth-order valence-corrected chi connectivity index (χ4v) is 6.92. The van der Waals surface area contributed by atoms with E-state index in [1.807, 2.05) is 42.5 Å². The van der Waals surface area contributed by atoms with Crippen LogP contribution in [0.5, 0.6) is 5.75 Å². The highest BCUT2D eigenvalue weighted by Gasteiger charge is 2.61. The minimum atomic E-state index is -4.65. The number of piperidine rings is 1. The quantitative estimate of drug-likeness (QED) is 0.497. The van der Waals surface area contributed by atoms with Crippen molar-refractivity contribution in [3.05, 3.63) is 65.2 Å². The second-order valence-electron chi connectivity index (χ2n) is 11.3. The number of hydrogen-bond acceptors (Lipinski definition) is 4. The van der Waals surface area contributed by atoms with Crippen molar-refractivity contribution in [2.45, 2.75) is 75.0 Å². The highest BCUT2D eigenvalue weighted by molar-refractivity contribution is 5.70. The van der Waals surface area contributed by atoms with E-state index in [1.54, 1.807) is 6.07 Å². The molecule has 1 heterocycles. The summed E-state index contributed by atoms with van der Waals surface area (Å²) in [5.74, 6) is 0.135. The third-order valence-electron chi connectivity index (χ3n) is 8.97. The van der Waals surface area contributed by atoms with Crippen molar-refractivity contribution in [1.82, 2.24) is 10.2 Å². The zero-order chi connectivity index (χ0) is 26.8. The van der Waals surface area contributed by atoms with Crippen LogP contribution in [-0.2, 0) is 18.3 Å². The summed E-state index contributed by atoms with van der Waals surface area (Å²) < 4.78 is 47.0. The summed E-state index contributed by atoms with van der Waals surface area (Å²) in [5.41, 5.74) is -0.0732. The Kier molecular flexibility index (Phi) is 7.74. The topological polar surface area (TPSA) is 61.8 Å². The summed E-state index contributed by atoms with van der Waals surface area (Å²) in [7, 11) is 0. The first-order valence-corrected chi connectivity index (χ1v) is 13.8. The number of rotatable bonds is 6. The van der Waals surface area contributed by atoms with Crippen LogP contribution in [0.2, 0.25) is 0 Å². The lowest BCUT2D eigenvalue weighted by Crippen LogP contribution is -2.56. The maximum absolute atomic E-state index is 13.8. The molecule has 1 unspecified atom stereocenters. The molecule has 2 aliphatic carbocycles. The van der Waals surface area contributed by atoms with E-state index in [0.717, 1.165) is 36.3 Å². The molecule has 2 N–H and O–H groups in total. The molecular weight excluding hydrogens is 493 g/mol. The van der Waals surface area contributed by atoms with Gasteiger partial charge in [-0.15, -0.1) is 0 Å². The standard InChI is InChI=1S/C30H37F3N2O3/c31-30(32,33)29(37)14-13-28(20-22-7-3-1-4-8-22)24(21-29)10-9-23-19-25(11-12-26(23)28)38-27(36)34-15-18-35-16-5-2-6-17-35/h1,3-4,7-8,11-12,19,24,37H,2,5-6,9-10,13-18,20-21H2,(H,34,36)/t24?,28-,29+/m0/s1. The average Bonchev–Trinajstić information content (AvgIpc) is 2.89. The molecule has 2 aromatic rings. The molecule has 1 aliphatic heterocycles. The smallest absolute Gasteiger partial charge is 0.410 e. The summed E-state index contributed by atoms with van der Waals surface area (Å²) in [5, 5.41) is 13.4. The molecule has 5 nitrogen and oxygen atoms in total. The zero-order valence-corrected chi connectivity index (χ0v) is 21.7. The minimum absolute atomic E-state index is 0.243. The number of aliphatic hydroxyl groups is 1. The maximum Gasteiger partial charge on any atom is 0.417 e. The van der Waals surface area contributed by atoms with Crippen LogP contribution in [0.3, 0.4) is 0 Å². The van der Waals surface area contributed by atoms with Crippen LogP contribution in [0.25, 0.3) is 0 Å². The number of benzene rings is 2. The first-order chi connectivity index (χ1) is 18.2. The fourth-order valence-electron chi connectivity index (χ4n) is 6.92. The Labute approximate surface area is 222 Å². The summed E-state index contributed by atoms with van der Waals surface area (Å²) in [6, 6.07) is 15.4. The number of alkyl halides is 3. The Morgan fingerprint density at radius 1 is 1.08 bits per heavy atom. The minimum Gasteiger partial charge on any atom is -0.410 e. The van der Waals surface area contributed by atoms with Gasteiger partial charge in [-0.3, -0.25) is 0 Å². The normalized spacial score (nSPS) is 27.7. The Bertz CT molecular complexity index is 1120. The Balaban J connectivity index is 1.33. The predicted molar refractivity (Wildman–Crippen MR) is 139 cm³/mol. The van der Waals surface area contributed by atoms with Gasteiger partial charge in [0.15, 0.2) is 5.60 Å². The van der Waals surface area contributed by atoms with Gasteiger partial charge in [0.1, 0.15) is 5.75 Å². The third kappa shape index (κ3) is 5.57. The maximum atomic E-state index is 13.8. The molecule has 8 heteroatoms. The molecular formula is C30H37F3N2O3. The number of fused-ring (bicyclic) bond motifs is 3. The highest BCUT2D eigenvalue weighted by atomic mass is 19.4. The number of carbonyl (C=O) groups excluding carboxylic acids is 1. The average molecular weight is 531 g/mol. The Hall–Kier alpha value is -2.58. The van der Waals surface area contributed by atoms with E-state index >= 15 is 0 Å². The molecule has 1 amide bonds. The number of ether oxygens (including phenoxy) is 1. The molecule has 1 saturated heterocycles. The van der Waals surface area contributed by atoms with Gasteiger partial charge in [-0.2, -0.15) is 13.2 Å². The SMILES string of the molecule is O=C(NCCN1CCCCC1)Oc1ccc2c(c1)CCC1C[C@@](O)(C(F)(F)F)CC[C@@]21Cc1ccccc1. The lowest BCUT2D eigenvalue weighted by Gasteiger charge is -2.53. The second-order valence-corrected chi connectivity index (χ2v) is 11.3. The first kappa shape index (κ1) is 27.0. The molecule has 0 spiro atoms. The fraction of sp³-hybridized carbons (Fsp3) is 0.567. The van der Waals surface area contributed by atoms with Crippen molar-refractivity contribution in [1.29, 1.82) is 0 Å². The van der Waals surface area contributed by atoms with Gasteiger partial charge in [0.05, 0.1) is 0 Å². The van der Waals surface area contributed by atoms with Gasteiger partial charge in [0.2, 0.25) is 0 Å². The van der Waals surface area contributed by atoms with Crippen LogP contribution < -0.4 is 10.1 Å². The molecule has 0 aromatic heterocycles. The van der Waals surface area contributed by atoms with Crippen molar-refractivity contribution in [3.63, 3.8) is 0 Å². The van der Waals surface area contributed by atoms with E-state index < -0.39 is 23.3 Å². The van der Waals surface area contributed by atoms with Crippen LogP contribution in [-0.4, -0.2) is 54.1 Å². The van der Waals surface area contributed by atoms with E-state index in [4.69, 9.17) is 4.74 Å². The third-order valence-corrected chi connectivity index (χ3v) is 8.97. The number of likely N-dealkylation sites (tertiary alicyclic amines) is 1. The summed E-state index contributed by atoms with van der Waals surface area (Å²) in [6.07, 6.45) is -0.124. The number of halogens is 3. The van der Waals surface area contributed by atoms with E-state index in [1.165, 1.54) is 19.3 Å². The lowest BCUT2D eigenvalue weighted by atomic mass is 9.52. The van der Waals surface area contributed by atoms with Gasteiger partial charge in [0.25, 0.3) is 0 Å². The van der Waals surface area contributed by atoms with Crippen molar-refractivity contribution in [2.75, 3.05) is 26.2 Å². The van der Waals surface area contributed by atoms with Crippen molar-refractivity contribution >= 4 is 6.09 Å². The molecule has 206 valence electrons. The number of amides is 1. The molecule has 5 rings (SSSR count). The molecule has 0 bridgehead atoms. The molecule has 1 saturated carbocycles. The van der Waals surface area contributed by atoms with Gasteiger partial charge >= 0.3 is 12.3 Å². The van der Waals surface area contributed by atoms with E-state index in [0.29, 0.717) is 31.6 Å². The highest BCUT2D eigenvalue weighted by Crippen LogP contribution is 2.57. The van der Waals surface area contributed by atoms with E-state index in [-0.39, 0.29) is 25.2 Å². The molecule has 2 aromatic carbocycles. The summed E-state index contributed by atoms with van der Waals surface area (Å²) in [4.78, 5) is 14.8. The van der Waals surface area contributed by atoms with Gasteiger partial charge in [-0.05, 0) is 99.2 Å². The Morgan fingerprint density at radius 2 is 1.84 bits per heavy atom. The van der Waals surface area contributed by atoms with Gasteiger partial charge < -0.3 is 20.1 Å². The summed E-state index contributed by atoms with van der Waals surface area (Å²) >= 11 is 0. The second kappa shape index (κ2) is 10.9. The van der Waals surface area contributed by atoms with Crippen LogP contribution in [0.4, 0.5) is 18.0 Å². The summed E-state index contributed by atoms with van der Waals surface area (Å²) in [6.45, 7) is 3.45. The van der Waals surface area contributed by atoms with Crippen LogP contribution in [0.15, 0.2) is 48.5 Å². The lowest BCUT2D eigenvalue weighted by molar-refractivity contribution is -0.279. The van der Waals surface area contributed by atoms with Crippen molar-refractivity contribution in [3.8, 4) is 5.75 Å². The number of aryl methyl sites for hydroxylation is 1. The van der Waals surface area contributed by atoms with Crippen molar-refractivity contribution < 1.29 is 27.8 Å². The van der Waals surface area contributed by atoms with E-state index in [9.17, 15) is 23.1 Å². The molecule has 3 aliphatic rings.